The zero-order valence-corrected chi connectivity index (χ0v) is 12.7. The standard InChI is InChI=1S/C19H25FO/c20-17-13-7-8-14-19(17,16-11-5-2-6-12-16)18(21)15-9-3-1-4-10-15/h2,5-6,11-12,15,17H,1,3-4,7-10,13-14H2. The minimum absolute atomic E-state index is 0.0790. The van der Waals surface area contributed by atoms with E-state index in [4.69, 9.17) is 0 Å². The van der Waals surface area contributed by atoms with Crippen molar-refractivity contribution in [2.24, 2.45) is 5.92 Å². The molecule has 0 saturated heterocycles. The molecule has 21 heavy (non-hydrogen) atoms. The van der Waals surface area contributed by atoms with Crippen molar-refractivity contribution in [1.82, 2.24) is 0 Å². The molecule has 0 amide bonds. The Hall–Kier alpha value is -1.18. The Morgan fingerprint density at radius 1 is 0.952 bits per heavy atom. The summed E-state index contributed by atoms with van der Waals surface area (Å²) >= 11 is 0. The molecule has 1 aromatic rings. The molecule has 0 aromatic heterocycles. The summed E-state index contributed by atoms with van der Waals surface area (Å²) in [4.78, 5) is 13.2. The fourth-order valence-corrected chi connectivity index (χ4v) is 4.34. The predicted molar refractivity (Wildman–Crippen MR) is 83.1 cm³/mol. The number of rotatable bonds is 3. The molecule has 0 spiro atoms. The minimum atomic E-state index is -1.01. The van der Waals surface area contributed by atoms with Crippen molar-refractivity contribution in [3.63, 3.8) is 0 Å². The fraction of sp³-hybridized carbons (Fsp3) is 0.632. The van der Waals surface area contributed by atoms with Crippen molar-refractivity contribution in [2.45, 2.75) is 69.4 Å². The van der Waals surface area contributed by atoms with Crippen LogP contribution >= 0.6 is 0 Å². The summed E-state index contributed by atoms with van der Waals surface area (Å²) in [7, 11) is 0. The van der Waals surface area contributed by atoms with E-state index in [-0.39, 0.29) is 11.7 Å². The SMILES string of the molecule is O=C(C1CCCCC1)C1(c2ccccc2)CCCCC1F. The second-order valence-corrected chi connectivity index (χ2v) is 6.75. The third-order valence-corrected chi connectivity index (χ3v) is 5.52. The van der Waals surface area contributed by atoms with Gasteiger partial charge in [-0.05, 0) is 31.2 Å². The van der Waals surface area contributed by atoms with Gasteiger partial charge in [0.15, 0.2) is 0 Å². The van der Waals surface area contributed by atoms with Gasteiger partial charge in [0.05, 0.1) is 5.41 Å². The molecule has 0 bridgehead atoms. The number of ketones is 1. The topological polar surface area (TPSA) is 17.1 Å². The molecule has 3 rings (SSSR count). The normalized spacial score (nSPS) is 31.0. The molecule has 0 radical (unpaired) electrons. The lowest BCUT2D eigenvalue weighted by molar-refractivity contribution is -0.133. The summed E-state index contributed by atoms with van der Waals surface area (Å²) in [6, 6.07) is 9.73. The molecule has 0 aliphatic heterocycles. The molecular weight excluding hydrogens is 263 g/mol. The highest BCUT2D eigenvalue weighted by Gasteiger charge is 2.50. The van der Waals surface area contributed by atoms with Crippen LogP contribution in [0.3, 0.4) is 0 Å². The summed E-state index contributed by atoms with van der Waals surface area (Å²) in [5.41, 5.74) is 0.0504. The maximum atomic E-state index is 15.0. The Bertz CT molecular complexity index is 478. The molecule has 1 nitrogen and oxygen atoms in total. The first-order valence-corrected chi connectivity index (χ1v) is 8.49. The van der Waals surface area contributed by atoms with E-state index in [0.29, 0.717) is 12.8 Å². The lowest BCUT2D eigenvalue weighted by Crippen LogP contribution is -2.49. The van der Waals surface area contributed by atoms with Gasteiger partial charge in [-0.3, -0.25) is 4.79 Å². The quantitative estimate of drug-likeness (QED) is 0.766. The van der Waals surface area contributed by atoms with E-state index in [1.165, 1.54) is 6.42 Å². The molecule has 0 N–H and O–H groups in total. The maximum absolute atomic E-state index is 15.0. The van der Waals surface area contributed by atoms with Gasteiger partial charge in [0.1, 0.15) is 12.0 Å². The van der Waals surface area contributed by atoms with Gasteiger partial charge in [0.25, 0.3) is 0 Å². The lowest BCUT2D eigenvalue weighted by Gasteiger charge is -2.42. The Morgan fingerprint density at radius 3 is 2.29 bits per heavy atom. The highest BCUT2D eigenvalue weighted by atomic mass is 19.1. The second kappa shape index (κ2) is 6.29. The van der Waals surface area contributed by atoms with Gasteiger partial charge in [-0.25, -0.2) is 4.39 Å². The Balaban J connectivity index is 1.97. The molecule has 2 aliphatic rings. The zero-order valence-electron chi connectivity index (χ0n) is 12.7. The van der Waals surface area contributed by atoms with Gasteiger partial charge >= 0.3 is 0 Å². The second-order valence-electron chi connectivity index (χ2n) is 6.75. The van der Waals surface area contributed by atoms with Crippen molar-refractivity contribution >= 4 is 5.78 Å². The number of Topliss-reactive ketones (excluding diaryl/α,β-unsaturated/α-hetero) is 1. The van der Waals surface area contributed by atoms with Crippen molar-refractivity contribution in [1.29, 1.82) is 0 Å². The maximum Gasteiger partial charge on any atom is 0.149 e. The van der Waals surface area contributed by atoms with Crippen LogP contribution in [0.5, 0.6) is 0 Å². The molecule has 114 valence electrons. The van der Waals surface area contributed by atoms with E-state index in [9.17, 15) is 9.18 Å². The van der Waals surface area contributed by atoms with Crippen LogP contribution in [0.2, 0.25) is 0 Å². The molecule has 0 heterocycles. The third kappa shape index (κ3) is 2.65. The molecule has 2 heteroatoms. The van der Waals surface area contributed by atoms with Crippen LogP contribution < -0.4 is 0 Å². The molecular formula is C19H25FO. The van der Waals surface area contributed by atoms with Crippen LogP contribution in [0.4, 0.5) is 4.39 Å². The van der Waals surface area contributed by atoms with Gasteiger partial charge in [-0.1, -0.05) is 62.4 Å². The Morgan fingerprint density at radius 2 is 1.62 bits per heavy atom. The monoisotopic (exact) mass is 288 g/mol. The number of halogens is 1. The first kappa shape index (κ1) is 14.7. The van der Waals surface area contributed by atoms with Gasteiger partial charge in [0.2, 0.25) is 0 Å². The lowest BCUT2D eigenvalue weighted by atomic mass is 9.61. The summed E-state index contributed by atoms with van der Waals surface area (Å²) in [5.74, 6) is 0.274. The minimum Gasteiger partial charge on any atom is -0.298 e. The molecule has 2 aliphatic carbocycles. The average Bonchev–Trinajstić information content (AvgIpc) is 2.56. The van der Waals surface area contributed by atoms with Gasteiger partial charge in [0, 0.05) is 5.92 Å². The molecule has 2 saturated carbocycles. The largest absolute Gasteiger partial charge is 0.298 e. The first-order chi connectivity index (χ1) is 10.2. The predicted octanol–water partition coefficient (Wildman–Crippen LogP) is 4.99. The number of benzene rings is 1. The number of hydrogen-bond donors (Lipinski definition) is 0. The van der Waals surface area contributed by atoms with Crippen LogP contribution in [-0.2, 0) is 10.2 Å². The van der Waals surface area contributed by atoms with Crippen LogP contribution in [0.15, 0.2) is 30.3 Å². The van der Waals surface area contributed by atoms with Crippen molar-refractivity contribution < 1.29 is 9.18 Å². The average molecular weight is 288 g/mol. The summed E-state index contributed by atoms with van der Waals surface area (Å²) < 4.78 is 15.0. The Kier molecular flexibility index (Phi) is 4.42. The number of alkyl halides is 1. The fourth-order valence-electron chi connectivity index (χ4n) is 4.34. The summed E-state index contributed by atoms with van der Waals surface area (Å²) in [6.45, 7) is 0. The number of hydrogen-bond acceptors (Lipinski definition) is 1. The molecule has 2 atom stereocenters. The third-order valence-electron chi connectivity index (χ3n) is 5.52. The van der Waals surface area contributed by atoms with Crippen molar-refractivity contribution in [3.8, 4) is 0 Å². The first-order valence-electron chi connectivity index (χ1n) is 8.49. The van der Waals surface area contributed by atoms with Crippen LogP contribution in [-0.4, -0.2) is 12.0 Å². The van der Waals surface area contributed by atoms with E-state index in [0.717, 1.165) is 44.1 Å². The number of carbonyl (C=O) groups is 1. The van der Waals surface area contributed by atoms with Gasteiger partial charge < -0.3 is 0 Å². The van der Waals surface area contributed by atoms with Crippen LogP contribution in [0.1, 0.15) is 63.4 Å². The van der Waals surface area contributed by atoms with Crippen molar-refractivity contribution in [2.75, 3.05) is 0 Å². The molecule has 2 fully saturated rings. The van der Waals surface area contributed by atoms with Crippen LogP contribution in [0.25, 0.3) is 0 Å². The van der Waals surface area contributed by atoms with Gasteiger partial charge in [-0.2, -0.15) is 0 Å². The van der Waals surface area contributed by atoms with Gasteiger partial charge in [-0.15, -0.1) is 0 Å². The van der Waals surface area contributed by atoms with E-state index in [2.05, 4.69) is 0 Å². The van der Waals surface area contributed by atoms with E-state index in [1.54, 1.807) is 0 Å². The Labute approximate surface area is 126 Å². The number of carbonyl (C=O) groups excluding carboxylic acids is 1. The highest BCUT2D eigenvalue weighted by Crippen LogP contribution is 2.45. The van der Waals surface area contributed by atoms with Crippen LogP contribution in [0, 0.1) is 5.92 Å². The smallest absolute Gasteiger partial charge is 0.149 e. The van der Waals surface area contributed by atoms with E-state index in [1.807, 2.05) is 30.3 Å². The molecule has 2 unspecified atom stereocenters. The van der Waals surface area contributed by atoms with E-state index >= 15 is 0 Å². The summed E-state index contributed by atoms with van der Waals surface area (Å²) in [6.07, 6.45) is 7.48. The zero-order chi connectivity index (χ0) is 14.7. The van der Waals surface area contributed by atoms with E-state index < -0.39 is 11.6 Å². The summed E-state index contributed by atoms with van der Waals surface area (Å²) in [5, 5.41) is 0. The van der Waals surface area contributed by atoms with Crippen molar-refractivity contribution in [3.05, 3.63) is 35.9 Å². The highest BCUT2D eigenvalue weighted by molar-refractivity contribution is 5.93. The molecule has 1 aromatic carbocycles.